The molecule has 10 heteroatoms. The first-order valence-electron chi connectivity index (χ1n) is 12.1. The van der Waals surface area contributed by atoms with E-state index in [0.29, 0.717) is 17.7 Å². The summed E-state index contributed by atoms with van der Waals surface area (Å²) in [5, 5.41) is 22.3. The number of fused-ring (bicyclic) bond motifs is 1. The molecule has 0 bridgehead atoms. The number of piperidine rings is 1. The van der Waals surface area contributed by atoms with Crippen molar-refractivity contribution in [3.05, 3.63) is 30.1 Å². The van der Waals surface area contributed by atoms with E-state index >= 15 is 0 Å². The van der Waals surface area contributed by atoms with E-state index in [1.165, 1.54) is 18.5 Å². The Morgan fingerprint density at radius 3 is 3.00 bits per heavy atom. The molecule has 33 heavy (non-hydrogen) atoms. The summed E-state index contributed by atoms with van der Waals surface area (Å²) < 4.78 is 1.82. The molecular weight excluding hydrogens is 418 g/mol. The summed E-state index contributed by atoms with van der Waals surface area (Å²) in [7, 11) is 0. The molecule has 5 heterocycles. The lowest BCUT2D eigenvalue weighted by Crippen LogP contribution is -2.58. The van der Waals surface area contributed by atoms with Crippen molar-refractivity contribution in [3.63, 3.8) is 0 Å². The molecular formula is C23H31N9O. The third-order valence-corrected chi connectivity index (χ3v) is 7.24. The molecule has 3 aliphatic rings. The van der Waals surface area contributed by atoms with Crippen LogP contribution >= 0.6 is 0 Å². The van der Waals surface area contributed by atoms with E-state index in [-0.39, 0.29) is 11.9 Å². The van der Waals surface area contributed by atoms with Crippen molar-refractivity contribution in [1.29, 1.82) is 0 Å². The first-order chi connectivity index (χ1) is 16.1. The summed E-state index contributed by atoms with van der Waals surface area (Å²) in [5.41, 5.74) is 1.36. The van der Waals surface area contributed by atoms with Gasteiger partial charge < -0.3 is 20.9 Å². The second kappa shape index (κ2) is 8.02. The van der Waals surface area contributed by atoms with E-state index in [2.05, 4.69) is 37.1 Å². The highest BCUT2D eigenvalue weighted by molar-refractivity contribution is 5.90. The van der Waals surface area contributed by atoms with Crippen LogP contribution in [0.1, 0.15) is 57.1 Å². The van der Waals surface area contributed by atoms with Crippen LogP contribution in [0.15, 0.2) is 24.4 Å². The first-order valence-corrected chi connectivity index (χ1v) is 12.1. The third-order valence-electron chi connectivity index (χ3n) is 7.24. The van der Waals surface area contributed by atoms with Crippen LogP contribution in [-0.2, 0) is 4.79 Å². The van der Waals surface area contributed by atoms with Crippen LogP contribution in [0, 0.1) is 0 Å². The fourth-order valence-electron chi connectivity index (χ4n) is 5.09. The van der Waals surface area contributed by atoms with Crippen molar-refractivity contribution in [2.45, 2.75) is 62.9 Å². The molecule has 174 valence electrons. The lowest BCUT2D eigenvalue weighted by Gasteiger charge is -2.36. The molecule has 2 atom stereocenters. The molecule has 3 aromatic rings. The van der Waals surface area contributed by atoms with Crippen LogP contribution in [0.4, 0.5) is 17.6 Å². The number of carbonyl (C=O) groups is 1. The van der Waals surface area contributed by atoms with E-state index in [4.69, 9.17) is 10.1 Å². The summed E-state index contributed by atoms with van der Waals surface area (Å²) in [6.07, 6.45) is 8.15. The second-order valence-corrected chi connectivity index (χ2v) is 9.75. The Morgan fingerprint density at radius 1 is 1.27 bits per heavy atom. The van der Waals surface area contributed by atoms with E-state index in [1.54, 1.807) is 0 Å². The van der Waals surface area contributed by atoms with E-state index in [9.17, 15) is 4.79 Å². The lowest BCUT2D eigenvalue weighted by atomic mass is 9.96. The van der Waals surface area contributed by atoms with Crippen LogP contribution in [-0.4, -0.2) is 61.9 Å². The molecule has 0 spiro atoms. The van der Waals surface area contributed by atoms with Gasteiger partial charge >= 0.3 is 0 Å². The number of aromatic nitrogens is 5. The number of H-pyrrole nitrogens is 1. The van der Waals surface area contributed by atoms with Crippen LogP contribution in [0.3, 0.4) is 0 Å². The van der Waals surface area contributed by atoms with Gasteiger partial charge in [0.25, 0.3) is 0 Å². The Hall–Kier alpha value is -3.14. The summed E-state index contributed by atoms with van der Waals surface area (Å²) in [4.78, 5) is 20.3. The zero-order valence-corrected chi connectivity index (χ0v) is 19.0. The molecule has 2 aliphatic heterocycles. The predicted octanol–water partition coefficient (Wildman–Crippen LogP) is 2.30. The average Bonchev–Trinajstić information content (AvgIpc) is 3.20. The number of nitrogens with zero attached hydrogens (tertiary/aromatic N) is 5. The number of nitrogens with one attached hydrogen (secondary N) is 4. The minimum atomic E-state index is -0.680. The maximum atomic E-state index is 13.4. The number of amides is 1. The molecule has 2 saturated heterocycles. The normalized spacial score (nSPS) is 25.5. The van der Waals surface area contributed by atoms with Gasteiger partial charge in [-0.15, -0.1) is 5.10 Å². The van der Waals surface area contributed by atoms with Gasteiger partial charge in [0.1, 0.15) is 11.1 Å². The number of rotatable bonds is 6. The quantitative estimate of drug-likeness (QED) is 0.456. The van der Waals surface area contributed by atoms with Gasteiger partial charge in [-0.25, -0.2) is 4.52 Å². The maximum Gasteiger partial charge on any atom is 0.246 e. The molecule has 0 aromatic carbocycles. The van der Waals surface area contributed by atoms with Crippen LogP contribution in [0.25, 0.3) is 5.52 Å². The number of carbonyl (C=O) groups excluding carboxylic acids is 1. The molecule has 1 amide bonds. The largest absolute Gasteiger partial charge is 0.350 e. The number of hydrogen-bond donors (Lipinski definition) is 4. The molecule has 3 aromatic heterocycles. The highest BCUT2D eigenvalue weighted by Crippen LogP contribution is 2.40. The minimum absolute atomic E-state index is 0.0563. The molecule has 6 rings (SSSR count). The predicted molar refractivity (Wildman–Crippen MR) is 126 cm³/mol. The first kappa shape index (κ1) is 20.5. The van der Waals surface area contributed by atoms with Crippen molar-refractivity contribution in [1.82, 2.24) is 35.4 Å². The van der Waals surface area contributed by atoms with Gasteiger partial charge in [0.2, 0.25) is 11.9 Å². The van der Waals surface area contributed by atoms with Gasteiger partial charge in [-0.3, -0.25) is 9.89 Å². The highest BCUT2D eigenvalue weighted by Gasteiger charge is 2.45. The number of anilines is 3. The van der Waals surface area contributed by atoms with Crippen molar-refractivity contribution in [2.24, 2.45) is 0 Å². The molecule has 10 nitrogen and oxygen atoms in total. The standard InChI is InChI=1S/C23H31N9O/c1-23(21(33)25-16-5-2-10-24-14-16)9-4-11-31(23)22-27-20(18-6-3-12-32(18)30-22)26-19-13-17(28-29-19)15-7-8-15/h3,6,12-13,15-16,24H,2,4-5,7-11,14H2,1H3,(H,25,33)(H2,26,27,28,29,30)/t16-,23-/m0/s1. The average molecular weight is 450 g/mol. The lowest BCUT2D eigenvalue weighted by molar-refractivity contribution is -0.126. The maximum absolute atomic E-state index is 13.4. The zero-order chi connectivity index (χ0) is 22.4. The van der Waals surface area contributed by atoms with Gasteiger partial charge in [0.15, 0.2) is 11.6 Å². The molecule has 0 unspecified atom stereocenters. The van der Waals surface area contributed by atoms with E-state index in [0.717, 1.165) is 56.7 Å². The highest BCUT2D eigenvalue weighted by atomic mass is 16.2. The fourth-order valence-corrected chi connectivity index (χ4v) is 5.09. The van der Waals surface area contributed by atoms with Crippen molar-refractivity contribution >= 4 is 29.0 Å². The van der Waals surface area contributed by atoms with Crippen LogP contribution in [0.2, 0.25) is 0 Å². The van der Waals surface area contributed by atoms with Gasteiger partial charge in [-0.2, -0.15) is 10.1 Å². The van der Waals surface area contributed by atoms with E-state index in [1.807, 2.05) is 29.8 Å². The summed E-state index contributed by atoms with van der Waals surface area (Å²) in [6, 6.07) is 6.17. The van der Waals surface area contributed by atoms with Crippen molar-refractivity contribution < 1.29 is 4.79 Å². The molecule has 4 N–H and O–H groups in total. The van der Waals surface area contributed by atoms with Gasteiger partial charge in [0.05, 0.1) is 0 Å². The molecule has 3 fully saturated rings. The Morgan fingerprint density at radius 2 is 2.18 bits per heavy atom. The summed E-state index contributed by atoms with van der Waals surface area (Å²) >= 11 is 0. The molecule has 0 radical (unpaired) electrons. The van der Waals surface area contributed by atoms with E-state index < -0.39 is 5.54 Å². The minimum Gasteiger partial charge on any atom is -0.350 e. The summed E-state index contributed by atoms with van der Waals surface area (Å²) in [6.45, 7) is 4.60. The number of hydrogen-bond acceptors (Lipinski definition) is 7. The van der Waals surface area contributed by atoms with Gasteiger partial charge in [-0.05, 0) is 64.1 Å². The van der Waals surface area contributed by atoms with Crippen molar-refractivity contribution in [3.8, 4) is 0 Å². The Bertz CT molecular complexity index is 1160. The topological polar surface area (TPSA) is 115 Å². The fraction of sp³-hybridized carbons (Fsp3) is 0.565. The zero-order valence-electron chi connectivity index (χ0n) is 19.0. The van der Waals surface area contributed by atoms with Crippen LogP contribution < -0.4 is 20.9 Å². The Labute approximate surface area is 192 Å². The smallest absolute Gasteiger partial charge is 0.246 e. The van der Waals surface area contributed by atoms with Gasteiger partial charge in [0, 0.05) is 43.0 Å². The molecule has 1 aliphatic carbocycles. The van der Waals surface area contributed by atoms with Crippen molar-refractivity contribution in [2.75, 3.05) is 29.9 Å². The Balaban J connectivity index is 1.29. The second-order valence-electron chi connectivity index (χ2n) is 9.75. The summed E-state index contributed by atoms with van der Waals surface area (Å²) in [5.74, 6) is 2.64. The molecule has 1 saturated carbocycles. The monoisotopic (exact) mass is 449 g/mol. The number of aromatic amines is 1. The van der Waals surface area contributed by atoms with Gasteiger partial charge in [-0.1, -0.05) is 0 Å². The SMILES string of the molecule is C[C@@]1(C(=O)N[C@H]2CCCNC2)CCCN1c1nc(Nc2cc(C3CC3)[nH]n2)c2cccn2n1. The van der Waals surface area contributed by atoms with Crippen LogP contribution in [0.5, 0.6) is 0 Å². The third kappa shape index (κ3) is 3.82. The Kier molecular flexibility index (Phi) is 4.97.